The molecule has 0 radical (unpaired) electrons. The first-order valence-electron chi connectivity index (χ1n) is 5.48. The molecule has 1 atom stereocenters. The zero-order valence-electron chi connectivity index (χ0n) is 10.6. The normalized spacial score (nSPS) is 11.5. The molecular weight excluding hydrogens is 296 g/mol. The number of rotatable bonds is 4. The number of halogens is 1. The minimum atomic E-state index is -0.197. The molecule has 0 saturated carbocycles. The summed E-state index contributed by atoms with van der Waals surface area (Å²) >= 11 is 3.29. The van der Waals surface area contributed by atoms with Gasteiger partial charge in [0.25, 0.3) is 5.91 Å². The number of hydrogen-bond donors (Lipinski definition) is 1. The lowest BCUT2D eigenvalue weighted by atomic mass is 10.1. The summed E-state index contributed by atoms with van der Waals surface area (Å²) in [6, 6.07) is 3.82. The smallest absolute Gasteiger partial charge is 0.257 e. The Morgan fingerprint density at radius 1 is 1.72 bits per heavy atom. The minimum absolute atomic E-state index is 0.157. The van der Waals surface area contributed by atoms with Crippen LogP contribution in [-0.4, -0.2) is 36.4 Å². The summed E-state index contributed by atoms with van der Waals surface area (Å²) in [5, 5.41) is 11.6. The molecule has 1 aromatic rings. The second-order valence-electron chi connectivity index (χ2n) is 4.02. The van der Waals surface area contributed by atoms with Crippen molar-refractivity contribution in [2.75, 3.05) is 26.0 Å². The van der Waals surface area contributed by atoms with Crippen LogP contribution in [0.1, 0.15) is 17.3 Å². The molecule has 0 aliphatic carbocycles. The Hall–Kier alpha value is -1.61. The molecule has 0 aliphatic rings. The standard InChI is InChI=1S/C12H15BrN4O/c1-8(5-14)7-17(3)12(18)10-4-9(13)6-16-11(10)15-2/h4,6,8H,7H2,1-3H3,(H,15,16). The van der Waals surface area contributed by atoms with Crippen molar-refractivity contribution in [3.05, 3.63) is 22.3 Å². The van der Waals surface area contributed by atoms with Gasteiger partial charge in [-0.15, -0.1) is 0 Å². The molecule has 1 N–H and O–H groups in total. The maximum atomic E-state index is 12.2. The molecule has 1 aromatic heterocycles. The molecule has 18 heavy (non-hydrogen) atoms. The van der Waals surface area contributed by atoms with Crippen molar-refractivity contribution < 1.29 is 4.79 Å². The van der Waals surface area contributed by atoms with Crippen LogP contribution < -0.4 is 5.32 Å². The van der Waals surface area contributed by atoms with E-state index in [1.54, 1.807) is 33.3 Å². The zero-order valence-corrected chi connectivity index (χ0v) is 12.2. The molecule has 0 aliphatic heterocycles. The molecule has 1 amide bonds. The van der Waals surface area contributed by atoms with Gasteiger partial charge in [-0.25, -0.2) is 4.98 Å². The lowest BCUT2D eigenvalue weighted by Gasteiger charge is -2.19. The number of nitriles is 1. The van der Waals surface area contributed by atoms with Crippen molar-refractivity contribution in [1.82, 2.24) is 9.88 Å². The van der Waals surface area contributed by atoms with Gasteiger partial charge >= 0.3 is 0 Å². The van der Waals surface area contributed by atoms with Crippen LogP contribution in [0, 0.1) is 17.2 Å². The van der Waals surface area contributed by atoms with E-state index in [-0.39, 0.29) is 11.8 Å². The van der Waals surface area contributed by atoms with Gasteiger partial charge in [-0.2, -0.15) is 5.26 Å². The molecular formula is C12H15BrN4O. The fourth-order valence-electron chi connectivity index (χ4n) is 1.54. The van der Waals surface area contributed by atoms with Gasteiger partial charge in [0.15, 0.2) is 0 Å². The molecule has 1 heterocycles. The highest BCUT2D eigenvalue weighted by Crippen LogP contribution is 2.19. The van der Waals surface area contributed by atoms with Gasteiger partial charge in [-0.05, 0) is 28.9 Å². The van der Waals surface area contributed by atoms with E-state index in [4.69, 9.17) is 5.26 Å². The van der Waals surface area contributed by atoms with Crippen LogP contribution in [-0.2, 0) is 0 Å². The number of nitrogens with zero attached hydrogens (tertiary/aromatic N) is 3. The van der Waals surface area contributed by atoms with Crippen LogP contribution in [0.4, 0.5) is 5.82 Å². The van der Waals surface area contributed by atoms with E-state index in [1.807, 2.05) is 0 Å². The van der Waals surface area contributed by atoms with Gasteiger partial charge in [0.2, 0.25) is 0 Å². The van der Waals surface area contributed by atoms with Crippen molar-refractivity contribution >= 4 is 27.7 Å². The van der Waals surface area contributed by atoms with Crippen LogP contribution in [0.5, 0.6) is 0 Å². The van der Waals surface area contributed by atoms with E-state index in [0.29, 0.717) is 17.9 Å². The third kappa shape index (κ3) is 3.44. The largest absolute Gasteiger partial charge is 0.372 e. The summed E-state index contributed by atoms with van der Waals surface area (Å²) in [5.74, 6) is 0.173. The Kier molecular flexibility index (Phi) is 5.10. The quantitative estimate of drug-likeness (QED) is 0.925. The second-order valence-corrected chi connectivity index (χ2v) is 4.93. The molecule has 6 heteroatoms. The number of nitrogens with one attached hydrogen (secondary N) is 1. The molecule has 5 nitrogen and oxygen atoms in total. The highest BCUT2D eigenvalue weighted by Gasteiger charge is 2.18. The van der Waals surface area contributed by atoms with Crippen molar-refractivity contribution in [2.45, 2.75) is 6.92 Å². The van der Waals surface area contributed by atoms with Crippen LogP contribution >= 0.6 is 15.9 Å². The van der Waals surface area contributed by atoms with Gasteiger partial charge in [0.05, 0.1) is 17.6 Å². The summed E-state index contributed by atoms with van der Waals surface area (Å²) in [7, 11) is 3.39. The highest BCUT2D eigenvalue weighted by atomic mass is 79.9. The lowest BCUT2D eigenvalue weighted by molar-refractivity contribution is 0.0785. The number of carbonyl (C=O) groups is 1. The van der Waals surface area contributed by atoms with Crippen molar-refractivity contribution in [1.29, 1.82) is 5.26 Å². The molecule has 96 valence electrons. The number of pyridine rings is 1. The molecule has 1 unspecified atom stereocenters. The van der Waals surface area contributed by atoms with E-state index in [1.165, 1.54) is 4.90 Å². The lowest BCUT2D eigenvalue weighted by Crippen LogP contribution is -2.31. The first-order chi connectivity index (χ1) is 8.49. The van der Waals surface area contributed by atoms with Gasteiger partial charge in [-0.3, -0.25) is 4.79 Å². The monoisotopic (exact) mass is 310 g/mol. The van der Waals surface area contributed by atoms with Gasteiger partial charge in [0.1, 0.15) is 5.82 Å². The summed E-state index contributed by atoms with van der Waals surface area (Å²) in [4.78, 5) is 17.9. The van der Waals surface area contributed by atoms with Crippen molar-refractivity contribution in [3.63, 3.8) is 0 Å². The number of carbonyl (C=O) groups excluding carboxylic acids is 1. The average Bonchev–Trinajstić information content (AvgIpc) is 2.37. The third-order valence-electron chi connectivity index (χ3n) is 2.44. The van der Waals surface area contributed by atoms with Crippen LogP contribution in [0.2, 0.25) is 0 Å². The molecule has 0 aromatic carbocycles. The van der Waals surface area contributed by atoms with E-state index < -0.39 is 0 Å². The maximum Gasteiger partial charge on any atom is 0.257 e. The van der Waals surface area contributed by atoms with Crippen molar-refractivity contribution in [2.24, 2.45) is 5.92 Å². The molecule has 0 fully saturated rings. The SMILES string of the molecule is CNc1ncc(Br)cc1C(=O)N(C)CC(C)C#N. The predicted octanol–water partition coefficient (Wildman–Crippen LogP) is 2.12. The summed E-state index contributed by atoms with van der Waals surface area (Å²) < 4.78 is 0.742. The number of amides is 1. The van der Waals surface area contributed by atoms with Gasteiger partial charge < -0.3 is 10.2 Å². The summed E-state index contributed by atoms with van der Waals surface area (Å²) in [5.41, 5.74) is 0.486. The topological polar surface area (TPSA) is 69.0 Å². The van der Waals surface area contributed by atoms with Crippen LogP contribution in [0.15, 0.2) is 16.7 Å². The third-order valence-corrected chi connectivity index (χ3v) is 2.87. The van der Waals surface area contributed by atoms with Gasteiger partial charge in [0, 0.05) is 31.3 Å². The van der Waals surface area contributed by atoms with E-state index >= 15 is 0 Å². The van der Waals surface area contributed by atoms with Crippen LogP contribution in [0.3, 0.4) is 0 Å². The summed E-state index contributed by atoms with van der Waals surface area (Å²) in [6.07, 6.45) is 1.63. The number of aromatic nitrogens is 1. The fourth-order valence-corrected chi connectivity index (χ4v) is 1.87. The maximum absolute atomic E-state index is 12.2. The molecule has 0 bridgehead atoms. The van der Waals surface area contributed by atoms with Gasteiger partial charge in [-0.1, -0.05) is 0 Å². The fraction of sp³-hybridized carbons (Fsp3) is 0.417. The molecule has 0 spiro atoms. The van der Waals surface area contributed by atoms with E-state index in [2.05, 4.69) is 32.3 Å². The Balaban J connectivity index is 2.96. The van der Waals surface area contributed by atoms with Crippen LogP contribution in [0.25, 0.3) is 0 Å². The second kappa shape index (κ2) is 6.36. The zero-order chi connectivity index (χ0) is 13.7. The number of anilines is 1. The predicted molar refractivity (Wildman–Crippen MR) is 73.2 cm³/mol. The number of hydrogen-bond acceptors (Lipinski definition) is 4. The molecule has 0 saturated heterocycles. The average molecular weight is 311 g/mol. The Labute approximate surface area is 115 Å². The Bertz CT molecular complexity index is 483. The van der Waals surface area contributed by atoms with E-state index in [9.17, 15) is 4.79 Å². The van der Waals surface area contributed by atoms with Crippen molar-refractivity contribution in [3.8, 4) is 6.07 Å². The first kappa shape index (κ1) is 14.5. The first-order valence-corrected chi connectivity index (χ1v) is 6.27. The van der Waals surface area contributed by atoms with E-state index in [0.717, 1.165) is 4.47 Å². The Morgan fingerprint density at radius 3 is 2.94 bits per heavy atom. The minimum Gasteiger partial charge on any atom is -0.372 e. The Morgan fingerprint density at radius 2 is 2.39 bits per heavy atom. The highest BCUT2D eigenvalue weighted by molar-refractivity contribution is 9.10. The molecule has 1 rings (SSSR count). The summed E-state index contributed by atoms with van der Waals surface area (Å²) in [6.45, 7) is 2.17.